The highest BCUT2D eigenvalue weighted by Gasteiger charge is 2.35. The highest BCUT2D eigenvalue weighted by Crippen LogP contribution is 2.37. The van der Waals surface area contributed by atoms with Crippen molar-refractivity contribution >= 4 is 33.2 Å². The Morgan fingerprint density at radius 3 is 2.69 bits per heavy atom. The first-order valence-electron chi connectivity index (χ1n) is 3.26. The number of rotatable bonds is 3. The van der Waals surface area contributed by atoms with Gasteiger partial charge in [-0.1, -0.05) is 0 Å². The van der Waals surface area contributed by atoms with E-state index in [1.165, 1.54) is 11.4 Å². The van der Waals surface area contributed by atoms with Gasteiger partial charge in [0.05, 0.1) is 4.88 Å². The van der Waals surface area contributed by atoms with E-state index in [2.05, 4.69) is 15.9 Å². The molecule has 72 valence electrons. The molecular formula is C7H5BrF2O2S. The number of alkyl halides is 2. The molecule has 1 aromatic heterocycles. The van der Waals surface area contributed by atoms with Crippen molar-refractivity contribution in [1.82, 2.24) is 0 Å². The molecule has 6 heteroatoms. The fraction of sp³-hybridized carbons (Fsp3) is 0.286. The molecular weight excluding hydrogens is 266 g/mol. The molecule has 1 heterocycles. The lowest BCUT2D eigenvalue weighted by molar-refractivity contribution is -0.145. The molecule has 0 aliphatic rings. The van der Waals surface area contributed by atoms with Crippen molar-refractivity contribution in [2.24, 2.45) is 0 Å². The summed E-state index contributed by atoms with van der Waals surface area (Å²) in [5.74, 6) is -4.78. The minimum Gasteiger partial charge on any atom is -0.481 e. The van der Waals surface area contributed by atoms with Crippen molar-refractivity contribution in [2.45, 2.75) is 12.3 Å². The van der Waals surface area contributed by atoms with E-state index in [1.54, 1.807) is 0 Å². The summed E-state index contributed by atoms with van der Waals surface area (Å²) in [5, 5.41) is 9.72. The largest absolute Gasteiger partial charge is 0.481 e. The molecule has 0 aliphatic carbocycles. The molecule has 0 fully saturated rings. The number of carboxylic acids is 1. The van der Waals surface area contributed by atoms with Crippen molar-refractivity contribution in [3.05, 3.63) is 20.8 Å². The van der Waals surface area contributed by atoms with Gasteiger partial charge in [-0.05, 0) is 22.0 Å². The highest BCUT2D eigenvalue weighted by molar-refractivity contribution is 9.10. The van der Waals surface area contributed by atoms with Crippen molar-refractivity contribution in [3.8, 4) is 0 Å². The van der Waals surface area contributed by atoms with E-state index in [0.29, 0.717) is 4.47 Å². The van der Waals surface area contributed by atoms with Gasteiger partial charge >= 0.3 is 5.97 Å². The van der Waals surface area contributed by atoms with Crippen LogP contribution in [-0.2, 0) is 10.7 Å². The van der Waals surface area contributed by atoms with Gasteiger partial charge in [0.2, 0.25) is 0 Å². The smallest absolute Gasteiger partial charge is 0.309 e. The second-order valence-electron chi connectivity index (χ2n) is 2.40. The monoisotopic (exact) mass is 270 g/mol. The number of hydrogen-bond acceptors (Lipinski definition) is 2. The van der Waals surface area contributed by atoms with Crippen molar-refractivity contribution in [2.75, 3.05) is 0 Å². The van der Waals surface area contributed by atoms with Gasteiger partial charge in [-0.3, -0.25) is 4.79 Å². The maximum Gasteiger partial charge on any atom is 0.309 e. The standard InChI is InChI=1S/C7H5BrF2O2S/c8-4-1-5(13-3-4)7(9,10)2-6(11)12/h1,3H,2H2,(H,11,12). The van der Waals surface area contributed by atoms with Gasteiger partial charge in [0, 0.05) is 9.85 Å². The Labute approximate surface area is 85.3 Å². The minimum absolute atomic E-state index is 0.234. The number of thiophene rings is 1. The summed E-state index contributed by atoms with van der Waals surface area (Å²) in [6, 6.07) is 1.23. The normalized spacial score (nSPS) is 11.6. The Hall–Kier alpha value is -0.490. The second kappa shape index (κ2) is 3.71. The quantitative estimate of drug-likeness (QED) is 0.917. The lowest BCUT2D eigenvalue weighted by atomic mass is 10.2. The second-order valence-corrected chi connectivity index (χ2v) is 4.23. The van der Waals surface area contributed by atoms with E-state index in [4.69, 9.17) is 5.11 Å². The first-order valence-corrected chi connectivity index (χ1v) is 4.93. The highest BCUT2D eigenvalue weighted by atomic mass is 79.9. The summed E-state index contributed by atoms with van der Waals surface area (Å²) in [7, 11) is 0. The SMILES string of the molecule is O=C(O)CC(F)(F)c1cc(Br)cs1. The van der Waals surface area contributed by atoms with Crippen LogP contribution in [-0.4, -0.2) is 11.1 Å². The predicted octanol–water partition coefficient (Wildman–Crippen LogP) is 3.08. The molecule has 0 unspecified atom stereocenters. The number of halogens is 3. The van der Waals surface area contributed by atoms with E-state index in [9.17, 15) is 13.6 Å². The van der Waals surface area contributed by atoms with Crippen molar-refractivity contribution in [3.63, 3.8) is 0 Å². The summed E-state index contributed by atoms with van der Waals surface area (Å²) >= 11 is 3.86. The van der Waals surface area contributed by atoms with Crippen LogP contribution in [0.15, 0.2) is 15.9 Å². The third-order valence-electron chi connectivity index (χ3n) is 1.30. The molecule has 13 heavy (non-hydrogen) atoms. The average molecular weight is 271 g/mol. The zero-order chi connectivity index (χ0) is 10.1. The Morgan fingerprint density at radius 2 is 2.31 bits per heavy atom. The van der Waals surface area contributed by atoms with E-state index < -0.39 is 18.3 Å². The molecule has 0 radical (unpaired) electrons. The van der Waals surface area contributed by atoms with Gasteiger partial charge in [-0.25, -0.2) is 0 Å². The predicted molar refractivity (Wildman–Crippen MR) is 48.2 cm³/mol. The van der Waals surface area contributed by atoms with Crippen LogP contribution in [0.5, 0.6) is 0 Å². The summed E-state index contributed by atoms with van der Waals surface area (Å²) in [4.78, 5) is 9.87. The van der Waals surface area contributed by atoms with Crippen LogP contribution in [0.2, 0.25) is 0 Å². The first-order chi connectivity index (χ1) is 5.92. The molecule has 0 aliphatic heterocycles. The molecule has 2 nitrogen and oxygen atoms in total. The molecule has 0 bridgehead atoms. The number of hydrogen-bond donors (Lipinski definition) is 1. The Morgan fingerprint density at radius 1 is 1.69 bits per heavy atom. The molecule has 1 N–H and O–H groups in total. The van der Waals surface area contributed by atoms with Crippen LogP contribution < -0.4 is 0 Å². The molecule has 0 aromatic carbocycles. The van der Waals surface area contributed by atoms with Crippen LogP contribution in [0.25, 0.3) is 0 Å². The van der Waals surface area contributed by atoms with Gasteiger partial charge in [-0.15, -0.1) is 11.3 Å². The fourth-order valence-electron chi connectivity index (χ4n) is 0.782. The van der Waals surface area contributed by atoms with Gasteiger partial charge in [0.15, 0.2) is 0 Å². The summed E-state index contributed by atoms with van der Waals surface area (Å²) < 4.78 is 26.6. The minimum atomic E-state index is -3.28. The van der Waals surface area contributed by atoms with E-state index in [1.807, 2.05) is 0 Å². The molecule has 0 atom stereocenters. The zero-order valence-corrected chi connectivity index (χ0v) is 8.66. The Bertz CT molecular complexity index is 324. The lowest BCUT2D eigenvalue weighted by Gasteiger charge is -2.10. The van der Waals surface area contributed by atoms with Gasteiger partial charge in [-0.2, -0.15) is 8.78 Å². The Balaban J connectivity index is 2.86. The molecule has 0 saturated carbocycles. The topological polar surface area (TPSA) is 37.3 Å². The summed E-state index contributed by atoms with van der Waals surface area (Å²) in [6.45, 7) is 0. The zero-order valence-electron chi connectivity index (χ0n) is 6.26. The van der Waals surface area contributed by atoms with Crippen molar-refractivity contribution in [1.29, 1.82) is 0 Å². The van der Waals surface area contributed by atoms with Crippen LogP contribution in [0.1, 0.15) is 11.3 Å². The van der Waals surface area contributed by atoms with E-state index in [0.717, 1.165) is 11.3 Å². The summed E-state index contributed by atoms with van der Waals surface area (Å²) in [6.07, 6.45) is -1.17. The third kappa shape index (κ3) is 2.73. The number of aliphatic carboxylic acids is 1. The number of carbonyl (C=O) groups is 1. The maximum absolute atomic E-state index is 13.0. The maximum atomic E-state index is 13.0. The van der Waals surface area contributed by atoms with Crippen LogP contribution in [0.4, 0.5) is 8.78 Å². The molecule has 0 amide bonds. The number of carboxylic acid groups (broad SMARTS) is 1. The van der Waals surface area contributed by atoms with E-state index >= 15 is 0 Å². The third-order valence-corrected chi connectivity index (χ3v) is 3.10. The molecule has 0 saturated heterocycles. The van der Waals surface area contributed by atoms with Crippen LogP contribution in [0, 0.1) is 0 Å². The average Bonchev–Trinajstić information content (AvgIpc) is 2.32. The first kappa shape index (κ1) is 10.6. The summed E-state index contributed by atoms with van der Waals surface area (Å²) in [5.41, 5.74) is 0. The van der Waals surface area contributed by atoms with Crippen molar-refractivity contribution < 1.29 is 18.7 Å². The molecule has 1 rings (SSSR count). The molecule has 1 aromatic rings. The van der Waals surface area contributed by atoms with E-state index in [-0.39, 0.29) is 4.88 Å². The fourth-order valence-corrected chi connectivity index (χ4v) is 2.19. The van der Waals surface area contributed by atoms with Crippen LogP contribution >= 0.6 is 27.3 Å². The molecule has 0 spiro atoms. The lowest BCUT2D eigenvalue weighted by Crippen LogP contribution is -2.16. The van der Waals surface area contributed by atoms with Crippen LogP contribution in [0.3, 0.4) is 0 Å². The van der Waals surface area contributed by atoms with Gasteiger partial charge in [0.25, 0.3) is 5.92 Å². The van der Waals surface area contributed by atoms with Gasteiger partial charge in [0.1, 0.15) is 6.42 Å². The van der Waals surface area contributed by atoms with Gasteiger partial charge < -0.3 is 5.11 Å². The Kier molecular flexibility index (Phi) is 3.02.